The summed E-state index contributed by atoms with van der Waals surface area (Å²) in [7, 11) is 0. The van der Waals surface area contributed by atoms with E-state index in [1.807, 2.05) is 24.3 Å². The van der Waals surface area contributed by atoms with Crippen LogP contribution in [0, 0.1) is 0 Å². The van der Waals surface area contributed by atoms with Gasteiger partial charge in [-0.1, -0.05) is 24.3 Å². The SMILES string of the molecule is NCCCCc1ccc(-c2cc(=O)c3c(O)cc(O)cc3o2)cc1. The van der Waals surface area contributed by atoms with E-state index in [9.17, 15) is 15.0 Å². The summed E-state index contributed by atoms with van der Waals surface area (Å²) in [5.74, 6) is -0.0536. The average molecular weight is 325 g/mol. The third-order valence-corrected chi connectivity index (χ3v) is 3.95. The molecule has 0 atom stereocenters. The summed E-state index contributed by atoms with van der Waals surface area (Å²) in [5.41, 5.74) is 7.26. The molecule has 5 heteroatoms. The molecule has 4 N–H and O–H groups in total. The second kappa shape index (κ2) is 6.76. The molecule has 0 aliphatic carbocycles. The first kappa shape index (κ1) is 16.1. The third-order valence-electron chi connectivity index (χ3n) is 3.95. The molecule has 24 heavy (non-hydrogen) atoms. The van der Waals surface area contributed by atoms with Gasteiger partial charge in [0.2, 0.25) is 0 Å². The minimum absolute atomic E-state index is 0.0648. The Morgan fingerprint density at radius 2 is 1.75 bits per heavy atom. The Bertz CT molecular complexity index is 913. The van der Waals surface area contributed by atoms with E-state index in [0.717, 1.165) is 30.9 Å². The predicted molar refractivity (Wildman–Crippen MR) is 93.2 cm³/mol. The molecule has 0 aliphatic rings. The van der Waals surface area contributed by atoms with Crippen LogP contribution >= 0.6 is 0 Å². The predicted octanol–water partition coefficient (Wildman–Crippen LogP) is 3.15. The number of unbranched alkanes of at least 4 members (excludes halogenated alkanes) is 1. The van der Waals surface area contributed by atoms with E-state index in [1.165, 1.54) is 17.7 Å². The highest BCUT2D eigenvalue weighted by atomic mass is 16.3. The first-order valence-corrected chi connectivity index (χ1v) is 7.87. The molecule has 0 amide bonds. The summed E-state index contributed by atoms with van der Waals surface area (Å²) < 4.78 is 5.69. The van der Waals surface area contributed by atoms with Gasteiger partial charge in [-0.3, -0.25) is 4.79 Å². The van der Waals surface area contributed by atoms with Crippen LogP contribution < -0.4 is 11.2 Å². The van der Waals surface area contributed by atoms with Crippen molar-refractivity contribution < 1.29 is 14.6 Å². The molecular weight excluding hydrogens is 306 g/mol. The van der Waals surface area contributed by atoms with Crippen LogP contribution in [0.3, 0.4) is 0 Å². The van der Waals surface area contributed by atoms with Gasteiger partial charge in [-0.2, -0.15) is 0 Å². The lowest BCUT2D eigenvalue weighted by molar-refractivity contribution is 0.452. The molecule has 3 aromatic rings. The number of nitrogens with two attached hydrogens (primary N) is 1. The molecule has 0 saturated carbocycles. The zero-order valence-corrected chi connectivity index (χ0v) is 13.2. The zero-order chi connectivity index (χ0) is 17.1. The average Bonchev–Trinajstić information content (AvgIpc) is 2.54. The fourth-order valence-electron chi connectivity index (χ4n) is 2.71. The van der Waals surface area contributed by atoms with Crippen LogP contribution in [-0.2, 0) is 6.42 Å². The summed E-state index contributed by atoms with van der Waals surface area (Å²) in [5, 5.41) is 19.4. The minimum atomic E-state index is -0.351. The normalized spacial score (nSPS) is 11.0. The standard InChI is InChI=1S/C19H19NO4/c20-8-2-1-3-12-4-6-13(7-5-12)17-11-16(23)19-15(22)9-14(21)10-18(19)24-17/h4-7,9-11,21-22H,1-3,8,20H2. The minimum Gasteiger partial charge on any atom is -0.508 e. The maximum Gasteiger partial charge on any atom is 0.197 e. The molecular formula is C19H19NO4. The van der Waals surface area contributed by atoms with Crippen molar-refractivity contribution >= 4 is 11.0 Å². The van der Waals surface area contributed by atoms with Gasteiger partial charge in [-0.05, 0) is 31.4 Å². The van der Waals surface area contributed by atoms with Gasteiger partial charge in [0.05, 0.1) is 0 Å². The summed E-state index contributed by atoms with van der Waals surface area (Å²) >= 11 is 0. The summed E-state index contributed by atoms with van der Waals surface area (Å²) in [4.78, 5) is 12.2. The number of hydrogen-bond donors (Lipinski definition) is 3. The van der Waals surface area contributed by atoms with Gasteiger partial charge in [0.15, 0.2) is 5.43 Å². The highest BCUT2D eigenvalue weighted by Crippen LogP contribution is 2.30. The maximum absolute atomic E-state index is 12.2. The lowest BCUT2D eigenvalue weighted by atomic mass is 10.0. The van der Waals surface area contributed by atoms with Crippen molar-refractivity contribution in [1.82, 2.24) is 0 Å². The summed E-state index contributed by atoms with van der Waals surface area (Å²) in [6, 6.07) is 11.6. The Morgan fingerprint density at radius 3 is 2.46 bits per heavy atom. The largest absolute Gasteiger partial charge is 0.508 e. The number of phenols is 2. The van der Waals surface area contributed by atoms with Crippen molar-refractivity contribution in [2.75, 3.05) is 6.54 Å². The van der Waals surface area contributed by atoms with Gasteiger partial charge in [0.1, 0.15) is 28.2 Å². The molecule has 0 aliphatic heterocycles. The topological polar surface area (TPSA) is 96.7 Å². The van der Waals surface area contributed by atoms with Crippen LogP contribution in [0.5, 0.6) is 11.5 Å². The Kier molecular flexibility index (Phi) is 4.53. The molecule has 0 saturated heterocycles. The molecule has 0 unspecified atom stereocenters. The molecule has 0 spiro atoms. The van der Waals surface area contributed by atoms with Crippen LogP contribution in [-0.4, -0.2) is 16.8 Å². The summed E-state index contributed by atoms with van der Waals surface area (Å²) in [6.45, 7) is 0.694. The number of benzene rings is 2. The fourth-order valence-corrected chi connectivity index (χ4v) is 2.71. The van der Waals surface area contributed by atoms with Crippen molar-refractivity contribution in [3.63, 3.8) is 0 Å². The van der Waals surface area contributed by atoms with E-state index < -0.39 is 0 Å². The van der Waals surface area contributed by atoms with Crippen LogP contribution in [0.15, 0.2) is 51.7 Å². The van der Waals surface area contributed by atoms with E-state index in [2.05, 4.69) is 0 Å². The van der Waals surface area contributed by atoms with E-state index >= 15 is 0 Å². The van der Waals surface area contributed by atoms with Crippen molar-refractivity contribution in [3.05, 3.63) is 58.3 Å². The number of fused-ring (bicyclic) bond motifs is 1. The molecule has 0 radical (unpaired) electrons. The van der Waals surface area contributed by atoms with E-state index in [4.69, 9.17) is 10.2 Å². The van der Waals surface area contributed by atoms with Gasteiger partial charge >= 0.3 is 0 Å². The highest BCUT2D eigenvalue weighted by molar-refractivity contribution is 5.85. The van der Waals surface area contributed by atoms with Crippen LogP contribution in [0.4, 0.5) is 0 Å². The van der Waals surface area contributed by atoms with E-state index in [-0.39, 0.29) is 27.9 Å². The van der Waals surface area contributed by atoms with Gasteiger partial charge in [0.25, 0.3) is 0 Å². The van der Waals surface area contributed by atoms with Gasteiger partial charge in [-0.15, -0.1) is 0 Å². The Balaban J connectivity index is 1.96. The van der Waals surface area contributed by atoms with Crippen LogP contribution in [0.2, 0.25) is 0 Å². The lowest BCUT2D eigenvalue weighted by Crippen LogP contribution is -2.01. The van der Waals surface area contributed by atoms with Crippen LogP contribution in [0.25, 0.3) is 22.3 Å². The first-order chi connectivity index (χ1) is 11.6. The molecule has 3 rings (SSSR count). The molecule has 2 aromatic carbocycles. The molecule has 1 aromatic heterocycles. The smallest absolute Gasteiger partial charge is 0.197 e. The Labute approximate surface area is 139 Å². The van der Waals surface area contributed by atoms with Crippen molar-refractivity contribution in [3.8, 4) is 22.8 Å². The molecule has 0 bridgehead atoms. The fraction of sp³-hybridized carbons (Fsp3) is 0.211. The lowest BCUT2D eigenvalue weighted by Gasteiger charge is -2.06. The van der Waals surface area contributed by atoms with E-state index in [1.54, 1.807) is 0 Å². The first-order valence-electron chi connectivity index (χ1n) is 7.87. The second-order valence-corrected chi connectivity index (χ2v) is 5.76. The Morgan fingerprint density at radius 1 is 1.00 bits per heavy atom. The van der Waals surface area contributed by atoms with Crippen molar-refractivity contribution in [1.29, 1.82) is 0 Å². The van der Waals surface area contributed by atoms with Gasteiger partial charge < -0.3 is 20.4 Å². The molecule has 0 fully saturated rings. The quantitative estimate of drug-likeness (QED) is 0.626. The van der Waals surface area contributed by atoms with E-state index in [0.29, 0.717) is 12.3 Å². The number of hydrogen-bond acceptors (Lipinski definition) is 5. The summed E-state index contributed by atoms with van der Waals surface area (Å²) in [6.07, 6.45) is 2.99. The molecule has 1 heterocycles. The number of aryl methyl sites for hydroxylation is 1. The van der Waals surface area contributed by atoms with Crippen molar-refractivity contribution in [2.45, 2.75) is 19.3 Å². The van der Waals surface area contributed by atoms with Gasteiger partial charge in [0, 0.05) is 23.8 Å². The maximum atomic E-state index is 12.2. The Hall–Kier alpha value is -2.79. The number of phenolic OH excluding ortho intramolecular Hbond substituents is 2. The van der Waals surface area contributed by atoms with Gasteiger partial charge in [-0.25, -0.2) is 0 Å². The number of aromatic hydroxyl groups is 2. The third kappa shape index (κ3) is 3.26. The monoisotopic (exact) mass is 325 g/mol. The van der Waals surface area contributed by atoms with Crippen LogP contribution in [0.1, 0.15) is 18.4 Å². The molecule has 5 nitrogen and oxygen atoms in total. The zero-order valence-electron chi connectivity index (χ0n) is 13.2. The number of rotatable bonds is 5. The second-order valence-electron chi connectivity index (χ2n) is 5.76. The van der Waals surface area contributed by atoms with Crippen molar-refractivity contribution in [2.24, 2.45) is 5.73 Å². The highest BCUT2D eigenvalue weighted by Gasteiger charge is 2.12. The molecule has 124 valence electrons.